The van der Waals surface area contributed by atoms with Crippen LogP contribution in [0.25, 0.3) is 5.57 Å². The van der Waals surface area contributed by atoms with E-state index in [4.69, 9.17) is 4.74 Å². The number of carbonyl (C=O) groups is 1. The topological polar surface area (TPSA) is 67.0 Å². The summed E-state index contributed by atoms with van der Waals surface area (Å²) < 4.78 is 5.51. The van der Waals surface area contributed by atoms with E-state index in [1.54, 1.807) is 0 Å². The Morgan fingerprint density at radius 3 is 2.61 bits per heavy atom. The molecule has 0 aliphatic carbocycles. The molecule has 1 aliphatic rings. The molecule has 5 nitrogen and oxygen atoms in total. The van der Waals surface area contributed by atoms with Crippen LogP contribution in [-0.2, 0) is 17.6 Å². The molecular formula is C31H35N3O2. The van der Waals surface area contributed by atoms with Gasteiger partial charge in [-0.25, -0.2) is 0 Å². The highest BCUT2D eigenvalue weighted by Gasteiger charge is 2.15. The van der Waals surface area contributed by atoms with Gasteiger partial charge in [-0.05, 0) is 92.3 Å². The van der Waals surface area contributed by atoms with Gasteiger partial charge in [0.05, 0.1) is 6.20 Å². The fourth-order valence-corrected chi connectivity index (χ4v) is 4.44. The first-order valence-corrected chi connectivity index (χ1v) is 12.8. The minimum atomic E-state index is -0.0629. The first-order chi connectivity index (χ1) is 17.6. The number of ether oxygens (including phenoxy) is 1. The van der Waals surface area contributed by atoms with E-state index in [-0.39, 0.29) is 5.91 Å². The van der Waals surface area contributed by atoms with Crippen LogP contribution >= 0.6 is 0 Å². The molecule has 0 saturated carbocycles. The third-order valence-corrected chi connectivity index (χ3v) is 6.74. The van der Waals surface area contributed by atoms with Crippen molar-refractivity contribution in [1.82, 2.24) is 15.5 Å². The van der Waals surface area contributed by atoms with E-state index in [0.717, 1.165) is 79.6 Å². The maximum absolute atomic E-state index is 12.9. The van der Waals surface area contributed by atoms with Crippen molar-refractivity contribution in [2.24, 2.45) is 5.92 Å². The first-order valence-electron chi connectivity index (χ1n) is 12.8. The van der Waals surface area contributed by atoms with E-state index in [2.05, 4.69) is 40.0 Å². The van der Waals surface area contributed by atoms with Gasteiger partial charge in [0, 0.05) is 42.6 Å². The fourth-order valence-electron chi connectivity index (χ4n) is 4.44. The molecule has 1 aromatic heterocycles. The van der Waals surface area contributed by atoms with Crippen molar-refractivity contribution in [2.45, 2.75) is 45.4 Å². The molecule has 1 fully saturated rings. The quantitative estimate of drug-likeness (QED) is 0.310. The number of H-pyrrole nitrogens is 1. The number of allylic oxidation sites excluding steroid dienone is 1. The minimum absolute atomic E-state index is 0.0629. The molecule has 186 valence electrons. The number of hydrogen-bond donors (Lipinski definition) is 2. The highest BCUT2D eigenvalue weighted by atomic mass is 16.5. The van der Waals surface area contributed by atoms with Crippen LogP contribution < -0.4 is 5.32 Å². The van der Waals surface area contributed by atoms with E-state index in [1.807, 2.05) is 55.7 Å². The number of aromatic nitrogens is 2. The maximum atomic E-state index is 12.9. The Hall–Kier alpha value is -3.62. The maximum Gasteiger partial charge on any atom is 0.251 e. The number of amides is 1. The van der Waals surface area contributed by atoms with Gasteiger partial charge in [0.2, 0.25) is 0 Å². The minimum Gasteiger partial charge on any atom is -0.381 e. The zero-order chi connectivity index (χ0) is 25.2. The summed E-state index contributed by atoms with van der Waals surface area (Å²) in [5, 5.41) is 9.82. The van der Waals surface area contributed by atoms with Gasteiger partial charge >= 0.3 is 0 Å². The van der Waals surface area contributed by atoms with E-state index in [0.29, 0.717) is 18.0 Å². The molecule has 1 aliphatic heterocycles. The average molecular weight is 482 g/mol. The Balaban J connectivity index is 1.46. The summed E-state index contributed by atoms with van der Waals surface area (Å²) in [6.07, 6.45) is 9.76. The van der Waals surface area contributed by atoms with Crippen LogP contribution in [-0.4, -0.2) is 35.9 Å². The molecule has 0 bridgehead atoms. The lowest BCUT2D eigenvalue weighted by atomic mass is 9.91. The van der Waals surface area contributed by atoms with Gasteiger partial charge in [-0.15, -0.1) is 0 Å². The number of hydrogen-bond acceptors (Lipinski definition) is 3. The lowest BCUT2D eigenvalue weighted by molar-refractivity contribution is 0.0640. The fraction of sp³-hybridized carbons (Fsp3) is 0.355. The van der Waals surface area contributed by atoms with Gasteiger partial charge in [0.15, 0.2) is 0 Å². The zero-order valence-corrected chi connectivity index (χ0v) is 21.1. The van der Waals surface area contributed by atoms with E-state index < -0.39 is 0 Å². The van der Waals surface area contributed by atoms with Crippen LogP contribution in [0.15, 0.2) is 61.4 Å². The van der Waals surface area contributed by atoms with E-state index in [9.17, 15) is 4.79 Å². The highest BCUT2D eigenvalue weighted by molar-refractivity contribution is 5.94. The third-order valence-electron chi connectivity index (χ3n) is 6.74. The number of aryl methyl sites for hydroxylation is 2. The van der Waals surface area contributed by atoms with Crippen LogP contribution in [0.2, 0.25) is 0 Å². The number of rotatable bonds is 9. The smallest absolute Gasteiger partial charge is 0.251 e. The third kappa shape index (κ3) is 7.44. The SMILES string of the molecule is C=C(C)c1ccc(C#Cc2cc(C(=O)NCCCc3cn[nH]c3)ccc2CCC2CCOCC2)cc1. The summed E-state index contributed by atoms with van der Waals surface area (Å²) in [5.41, 5.74) is 7.02. The standard InChI is InChI=1S/C31H35N3O2/c1-23(2)27-9-5-24(6-10-27)8-12-29-20-30(31(35)32-17-3-4-26-21-33-34-22-26)14-13-28(29)11-7-25-15-18-36-19-16-25/h5-6,9-10,13-14,20-22,25H,1,3-4,7,11,15-19H2,2H3,(H,32,35)(H,33,34). The zero-order valence-electron chi connectivity index (χ0n) is 21.1. The second-order valence-electron chi connectivity index (χ2n) is 9.54. The average Bonchev–Trinajstić information content (AvgIpc) is 3.43. The van der Waals surface area contributed by atoms with Crippen molar-refractivity contribution in [2.75, 3.05) is 19.8 Å². The van der Waals surface area contributed by atoms with Crippen molar-refractivity contribution in [3.63, 3.8) is 0 Å². The summed E-state index contributed by atoms with van der Waals surface area (Å²) in [6, 6.07) is 14.1. The van der Waals surface area contributed by atoms with Crippen LogP contribution in [0.3, 0.4) is 0 Å². The molecule has 2 heterocycles. The van der Waals surface area contributed by atoms with Crippen LogP contribution in [0.4, 0.5) is 0 Å². The normalized spacial score (nSPS) is 13.6. The monoisotopic (exact) mass is 481 g/mol. The molecule has 2 aromatic carbocycles. The van der Waals surface area contributed by atoms with Crippen molar-refractivity contribution < 1.29 is 9.53 Å². The number of aromatic amines is 1. The second kappa shape index (κ2) is 12.9. The van der Waals surface area contributed by atoms with Crippen LogP contribution in [0.1, 0.15) is 70.8 Å². The first kappa shape index (κ1) is 25.5. The van der Waals surface area contributed by atoms with Crippen LogP contribution in [0, 0.1) is 17.8 Å². The van der Waals surface area contributed by atoms with Crippen molar-refractivity contribution in [3.05, 3.63) is 94.8 Å². The van der Waals surface area contributed by atoms with Crippen LogP contribution in [0.5, 0.6) is 0 Å². The molecule has 2 N–H and O–H groups in total. The molecule has 1 amide bonds. The van der Waals surface area contributed by atoms with E-state index in [1.165, 1.54) is 5.56 Å². The van der Waals surface area contributed by atoms with Gasteiger partial charge in [-0.1, -0.05) is 42.2 Å². The van der Waals surface area contributed by atoms with Crippen molar-refractivity contribution in [1.29, 1.82) is 0 Å². The Kier molecular flexibility index (Phi) is 9.13. The predicted octanol–water partition coefficient (Wildman–Crippen LogP) is 5.56. The molecule has 1 saturated heterocycles. The van der Waals surface area contributed by atoms with Gasteiger partial charge in [0.1, 0.15) is 0 Å². The molecule has 0 atom stereocenters. The Labute approximate surface area is 214 Å². The Bertz CT molecular complexity index is 1210. The lowest BCUT2D eigenvalue weighted by Gasteiger charge is -2.22. The summed E-state index contributed by atoms with van der Waals surface area (Å²) in [6.45, 7) is 8.33. The molecule has 0 unspecified atom stereocenters. The molecule has 5 heteroatoms. The highest BCUT2D eigenvalue weighted by Crippen LogP contribution is 2.23. The van der Waals surface area contributed by atoms with Gasteiger partial charge in [0.25, 0.3) is 5.91 Å². The molecular weight excluding hydrogens is 446 g/mol. The van der Waals surface area contributed by atoms with Gasteiger partial charge in [-0.2, -0.15) is 5.10 Å². The molecule has 3 aromatic rings. The van der Waals surface area contributed by atoms with Gasteiger partial charge < -0.3 is 10.1 Å². The predicted molar refractivity (Wildman–Crippen MR) is 145 cm³/mol. The van der Waals surface area contributed by atoms with Crippen molar-refractivity contribution >= 4 is 11.5 Å². The Morgan fingerprint density at radius 2 is 1.89 bits per heavy atom. The summed E-state index contributed by atoms with van der Waals surface area (Å²) >= 11 is 0. The largest absolute Gasteiger partial charge is 0.381 e. The Morgan fingerprint density at radius 1 is 1.11 bits per heavy atom. The lowest BCUT2D eigenvalue weighted by Crippen LogP contribution is -2.25. The number of nitrogens with one attached hydrogen (secondary N) is 2. The summed E-state index contributed by atoms with van der Waals surface area (Å²) in [4.78, 5) is 12.9. The molecule has 4 rings (SSSR count). The molecule has 0 spiro atoms. The molecule has 0 radical (unpaired) electrons. The van der Waals surface area contributed by atoms with Crippen molar-refractivity contribution in [3.8, 4) is 11.8 Å². The summed E-state index contributed by atoms with van der Waals surface area (Å²) in [7, 11) is 0. The van der Waals surface area contributed by atoms with E-state index >= 15 is 0 Å². The number of nitrogens with zero attached hydrogens (tertiary/aromatic N) is 1. The number of benzene rings is 2. The van der Waals surface area contributed by atoms with Gasteiger partial charge in [-0.3, -0.25) is 9.89 Å². The number of carbonyl (C=O) groups excluding carboxylic acids is 1. The molecule has 36 heavy (non-hydrogen) atoms. The summed E-state index contributed by atoms with van der Waals surface area (Å²) in [5.74, 6) is 7.28. The second-order valence-corrected chi connectivity index (χ2v) is 9.54.